The number of hydrogen-bond acceptors (Lipinski definition) is 6. The summed E-state index contributed by atoms with van der Waals surface area (Å²) in [6.45, 7) is 7.12. The number of hydrogen-bond donors (Lipinski definition) is 1. The lowest BCUT2D eigenvalue weighted by Crippen LogP contribution is -2.78. The maximum absolute atomic E-state index is 13.6. The Morgan fingerprint density at radius 3 is 2.64 bits per heavy atom. The minimum Gasteiger partial charge on any atom is -0.483 e. The first-order chi connectivity index (χ1) is 21.6. The summed E-state index contributed by atoms with van der Waals surface area (Å²) >= 11 is 0. The number of aliphatic hydroxyl groups is 1. The summed E-state index contributed by atoms with van der Waals surface area (Å²) in [7, 11) is 1.79. The molecular weight excluding hydrogens is 564 g/mol. The largest absolute Gasteiger partial charge is 0.483 e. The lowest BCUT2D eigenvalue weighted by Gasteiger charge is -2.64. The number of ether oxygens (including phenoxy) is 2. The number of nitrogens with zero attached hydrogens (tertiary/aromatic N) is 2. The third-order valence-corrected chi connectivity index (χ3v) is 10.9. The van der Waals surface area contributed by atoms with Crippen LogP contribution in [0.1, 0.15) is 59.6 Å². The van der Waals surface area contributed by atoms with Crippen LogP contribution in [-0.2, 0) is 27.8 Å². The summed E-state index contributed by atoms with van der Waals surface area (Å²) in [6, 6.07) is 19.9. The molecule has 7 heteroatoms. The quantitative estimate of drug-likeness (QED) is 0.263. The molecule has 1 saturated carbocycles. The Morgan fingerprint density at radius 2 is 1.89 bits per heavy atom. The van der Waals surface area contributed by atoms with Crippen molar-refractivity contribution < 1.29 is 24.2 Å². The molecule has 45 heavy (non-hydrogen) atoms. The molecule has 3 aromatic rings. The summed E-state index contributed by atoms with van der Waals surface area (Å²) in [5, 5.41) is 12.9. The maximum atomic E-state index is 13.6. The number of amides is 1. The molecule has 2 fully saturated rings. The molecule has 2 aliphatic heterocycles. The molecule has 1 saturated heterocycles. The Kier molecular flexibility index (Phi) is 7.26. The fraction of sp³-hybridized carbons (Fsp3) is 0.421. The zero-order valence-corrected chi connectivity index (χ0v) is 26.4. The fourth-order valence-corrected chi connectivity index (χ4v) is 8.59. The predicted molar refractivity (Wildman–Crippen MR) is 171 cm³/mol. The zero-order chi connectivity index (χ0) is 31.5. The van der Waals surface area contributed by atoms with E-state index >= 15 is 0 Å². The summed E-state index contributed by atoms with van der Waals surface area (Å²) in [5.74, 6) is 6.12. The van der Waals surface area contributed by atoms with Gasteiger partial charge >= 0.3 is 5.97 Å². The second-order valence-electron chi connectivity index (χ2n) is 13.3. The van der Waals surface area contributed by atoms with E-state index in [1.807, 2.05) is 43.3 Å². The first-order valence-electron chi connectivity index (χ1n) is 16.0. The molecule has 1 spiro atoms. The SMILES string of the molecule is CC(=O)Oc1ccc2c3c1O[C@H]1[C@H](N(C)C(=O)C#Cc4ccc(C)c(C)c4)CC[C@@]4(O)[C@@H](C2)N(CCc2ccccc2)CC[C@]314. The van der Waals surface area contributed by atoms with E-state index < -0.39 is 23.1 Å². The van der Waals surface area contributed by atoms with Crippen molar-refractivity contribution in [2.45, 2.75) is 82.1 Å². The van der Waals surface area contributed by atoms with Crippen LogP contribution >= 0.6 is 0 Å². The fourth-order valence-electron chi connectivity index (χ4n) is 8.59. The Labute approximate surface area is 265 Å². The van der Waals surface area contributed by atoms with Gasteiger partial charge in [0.1, 0.15) is 6.10 Å². The van der Waals surface area contributed by atoms with E-state index in [4.69, 9.17) is 9.47 Å². The van der Waals surface area contributed by atoms with Gasteiger partial charge in [-0.2, -0.15) is 0 Å². The molecule has 1 N–H and O–H groups in total. The van der Waals surface area contributed by atoms with E-state index in [2.05, 4.69) is 47.9 Å². The zero-order valence-electron chi connectivity index (χ0n) is 26.4. The van der Waals surface area contributed by atoms with Gasteiger partial charge in [-0.1, -0.05) is 48.4 Å². The summed E-state index contributed by atoms with van der Waals surface area (Å²) in [4.78, 5) is 29.8. The van der Waals surface area contributed by atoms with Gasteiger partial charge in [0.2, 0.25) is 0 Å². The number of carbonyl (C=O) groups is 2. The van der Waals surface area contributed by atoms with Crippen molar-refractivity contribution in [2.75, 3.05) is 20.1 Å². The molecule has 4 aliphatic rings. The van der Waals surface area contributed by atoms with Crippen molar-refractivity contribution in [2.24, 2.45) is 0 Å². The smallest absolute Gasteiger partial charge is 0.308 e. The monoisotopic (exact) mass is 604 g/mol. The molecule has 7 rings (SSSR count). The lowest BCUT2D eigenvalue weighted by molar-refractivity contribution is -0.199. The van der Waals surface area contributed by atoms with Crippen LogP contribution in [-0.4, -0.2) is 70.7 Å². The molecule has 3 aromatic carbocycles. The van der Waals surface area contributed by atoms with Crippen LogP contribution in [0.15, 0.2) is 60.7 Å². The van der Waals surface area contributed by atoms with Crippen LogP contribution < -0.4 is 9.47 Å². The van der Waals surface area contributed by atoms with Crippen molar-refractivity contribution in [3.05, 3.63) is 94.0 Å². The highest BCUT2D eigenvalue weighted by Crippen LogP contribution is 2.66. The van der Waals surface area contributed by atoms with E-state index in [0.29, 0.717) is 37.2 Å². The highest BCUT2D eigenvalue weighted by Gasteiger charge is 2.73. The van der Waals surface area contributed by atoms with Crippen molar-refractivity contribution in [3.8, 4) is 23.3 Å². The first kappa shape index (κ1) is 29.6. The second-order valence-corrected chi connectivity index (χ2v) is 13.3. The third-order valence-electron chi connectivity index (χ3n) is 10.9. The average Bonchev–Trinajstić information content (AvgIpc) is 3.38. The normalized spacial score (nSPS) is 27.4. The molecule has 7 nitrogen and oxygen atoms in total. The molecule has 0 unspecified atom stereocenters. The average molecular weight is 605 g/mol. The van der Waals surface area contributed by atoms with Crippen molar-refractivity contribution in [3.63, 3.8) is 0 Å². The van der Waals surface area contributed by atoms with Crippen LogP contribution in [0, 0.1) is 25.7 Å². The van der Waals surface area contributed by atoms with Crippen LogP contribution in [0.25, 0.3) is 0 Å². The van der Waals surface area contributed by atoms with E-state index in [-0.39, 0.29) is 18.0 Å². The number of carbonyl (C=O) groups excluding carboxylic acids is 2. The van der Waals surface area contributed by atoms with Gasteiger partial charge in [0.15, 0.2) is 11.5 Å². The number of esters is 1. The van der Waals surface area contributed by atoms with Crippen LogP contribution in [0.2, 0.25) is 0 Å². The Hall–Kier alpha value is -4.12. The minimum absolute atomic E-state index is 0.0920. The first-order valence-corrected chi connectivity index (χ1v) is 16.0. The van der Waals surface area contributed by atoms with E-state index in [1.165, 1.54) is 18.1 Å². The third kappa shape index (κ3) is 4.65. The summed E-state index contributed by atoms with van der Waals surface area (Å²) in [5.41, 5.74) is 4.67. The predicted octanol–water partition coefficient (Wildman–Crippen LogP) is 4.50. The molecule has 0 aromatic heterocycles. The van der Waals surface area contributed by atoms with Crippen molar-refractivity contribution in [1.82, 2.24) is 9.80 Å². The van der Waals surface area contributed by atoms with E-state index in [0.717, 1.165) is 41.8 Å². The van der Waals surface area contributed by atoms with Crippen molar-refractivity contribution in [1.29, 1.82) is 0 Å². The lowest BCUT2D eigenvalue weighted by atomic mass is 9.48. The number of likely N-dealkylation sites (N-methyl/N-ethyl adjacent to an activating group) is 1. The number of likely N-dealkylation sites (tertiary alicyclic amines) is 1. The van der Waals surface area contributed by atoms with Crippen LogP contribution in [0.4, 0.5) is 0 Å². The van der Waals surface area contributed by atoms with E-state index in [9.17, 15) is 14.7 Å². The number of piperidine rings is 1. The topological polar surface area (TPSA) is 79.3 Å². The summed E-state index contributed by atoms with van der Waals surface area (Å²) in [6.07, 6.45) is 2.87. The Morgan fingerprint density at radius 1 is 1.09 bits per heavy atom. The van der Waals surface area contributed by atoms with Crippen molar-refractivity contribution >= 4 is 11.9 Å². The molecular formula is C38H40N2O5. The van der Waals surface area contributed by atoms with Crippen LogP contribution in [0.3, 0.4) is 0 Å². The molecule has 2 heterocycles. The maximum Gasteiger partial charge on any atom is 0.308 e. The van der Waals surface area contributed by atoms with Gasteiger partial charge < -0.3 is 19.5 Å². The van der Waals surface area contributed by atoms with Gasteiger partial charge in [-0.3, -0.25) is 14.5 Å². The molecule has 2 aliphatic carbocycles. The Bertz CT molecular complexity index is 1740. The number of rotatable bonds is 5. The van der Waals surface area contributed by atoms with Crippen LogP contribution in [0.5, 0.6) is 11.5 Å². The number of benzene rings is 3. The summed E-state index contributed by atoms with van der Waals surface area (Å²) < 4.78 is 12.5. The molecule has 2 bridgehead atoms. The van der Waals surface area contributed by atoms with E-state index in [1.54, 1.807) is 11.9 Å². The highest BCUT2D eigenvalue weighted by molar-refractivity contribution is 5.94. The number of aryl methyl sites for hydroxylation is 2. The Balaban J connectivity index is 1.24. The van der Waals surface area contributed by atoms with Gasteiger partial charge in [-0.15, -0.1) is 0 Å². The minimum atomic E-state index is -1.06. The molecule has 5 atom stereocenters. The van der Waals surface area contributed by atoms with Gasteiger partial charge in [0, 0.05) is 43.6 Å². The second kappa shape index (κ2) is 11.0. The molecule has 232 valence electrons. The highest BCUT2D eigenvalue weighted by atomic mass is 16.6. The van der Waals surface area contributed by atoms with Gasteiger partial charge in [0.25, 0.3) is 5.91 Å². The van der Waals surface area contributed by atoms with Gasteiger partial charge in [-0.05, 0) is 92.9 Å². The standard InChI is InChI=1S/C38H40N2O5/c1-24-10-11-28(22-25(24)2)12-15-33(42)39(4)30-16-18-38(43)32-23-29-13-14-31(44-26(3)41)35-34(29)37(38,36(30)45-35)19-21-40(32)20-17-27-8-6-5-7-9-27/h5-11,13-14,22,30,32,36,43H,16-21,23H2,1-4H3/t30-,32-,36+,37+,38-/m1/s1. The van der Waals surface area contributed by atoms with Gasteiger partial charge in [0.05, 0.1) is 17.1 Å². The molecule has 0 radical (unpaired) electrons. The van der Waals surface area contributed by atoms with Gasteiger partial charge in [-0.25, -0.2) is 0 Å². The molecule has 1 amide bonds.